The highest BCUT2D eigenvalue weighted by molar-refractivity contribution is 9.09. The maximum atomic E-state index is 5.88. The molecule has 1 saturated heterocycles. The summed E-state index contributed by atoms with van der Waals surface area (Å²) in [6, 6.07) is 5.89. The zero-order chi connectivity index (χ0) is 13.2. The molecule has 18 heavy (non-hydrogen) atoms. The van der Waals surface area contributed by atoms with Crippen LogP contribution in [0.25, 0.3) is 0 Å². The molecule has 0 bridgehead atoms. The number of benzene rings is 1. The molecule has 1 fully saturated rings. The van der Waals surface area contributed by atoms with Crippen LogP contribution in [0.5, 0.6) is 11.5 Å². The van der Waals surface area contributed by atoms with E-state index in [-0.39, 0.29) is 10.4 Å². The van der Waals surface area contributed by atoms with E-state index >= 15 is 0 Å². The molecule has 1 heterocycles. The fourth-order valence-corrected chi connectivity index (χ4v) is 3.10. The predicted octanol–water partition coefficient (Wildman–Crippen LogP) is 3.71. The van der Waals surface area contributed by atoms with Gasteiger partial charge in [0.05, 0.1) is 24.6 Å². The minimum atomic E-state index is -0.165. The molecule has 0 amide bonds. The van der Waals surface area contributed by atoms with E-state index < -0.39 is 0 Å². The first-order valence-corrected chi connectivity index (χ1v) is 7.02. The van der Waals surface area contributed by atoms with Gasteiger partial charge in [-0.2, -0.15) is 0 Å². The Bertz CT molecular complexity index is 414. The van der Waals surface area contributed by atoms with Crippen LogP contribution < -0.4 is 9.47 Å². The highest BCUT2D eigenvalue weighted by atomic mass is 79.9. The van der Waals surface area contributed by atoms with Crippen molar-refractivity contribution in [2.45, 2.75) is 30.2 Å². The van der Waals surface area contributed by atoms with Crippen LogP contribution in [0.3, 0.4) is 0 Å². The van der Waals surface area contributed by atoms with Crippen LogP contribution in [0.15, 0.2) is 18.2 Å². The summed E-state index contributed by atoms with van der Waals surface area (Å²) in [5, 5.41) is 0. The largest absolute Gasteiger partial charge is 0.497 e. The van der Waals surface area contributed by atoms with Crippen molar-refractivity contribution in [2.75, 3.05) is 20.8 Å². The van der Waals surface area contributed by atoms with Crippen LogP contribution in [-0.2, 0) is 4.74 Å². The summed E-state index contributed by atoms with van der Waals surface area (Å²) in [5.41, 5.74) is 0.935. The molecule has 2 unspecified atom stereocenters. The molecule has 4 heteroatoms. The van der Waals surface area contributed by atoms with E-state index in [1.54, 1.807) is 14.2 Å². The number of halogens is 1. The van der Waals surface area contributed by atoms with Gasteiger partial charge >= 0.3 is 0 Å². The molecule has 2 atom stereocenters. The molecule has 0 aromatic heterocycles. The molecule has 0 saturated carbocycles. The zero-order valence-electron chi connectivity index (χ0n) is 11.0. The van der Waals surface area contributed by atoms with Crippen LogP contribution in [-0.4, -0.2) is 26.4 Å². The first-order chi connectivity index (χ1) is 8.60. The third-order valence-corrected chi connectivity index (χ3v) is 4.96. The number of rotatable bonds is 4. The molecular formula is C14H19BrO3. The zero-order valence-corrected chi connectivity index (χ0v) is 12.6. The molecule has 0 radical (unpaired) electrons. The van der Waals surface area contributed by atoms with Crippen LogP contribution in [0.4, 0.5) is 0 Å². The van der Waals surface area contributed by atoms with E-state index in [1.165, 1.54) is 0 Å². The fourth-order valence-electron chi connectivity index (χ4n) is 2.36. The molecular weight excluding hydrogens is 296 g/mol. The van der Waals surface area contributed by atoms with Gasteiger partial charge in [0.2, 0.25) is 0 Å². The Morgan fingerprint density at radius 2 is 2.11 bits per heavy atom. The van der Waals surface area contributed by atoms with Crippen molar-refractivity contribution in [3.05, 3.63) is 23.8 Å². The van der Waals surface area contributed by atoms with E-state index in [0.29, 0.717) is 0 Å². The number of hydrogen-bond acceptors (Lipinski definition) is 3. The van der Waals surface area contributed by atoms with Crippen molar-refractivity contribution < 1.29 is 14.2 Å². The SMILES string of the molecule is COc1ccc(C(Br)C2(C)CCCO2)c(OC)c1. The Morgan fingerprint density at radius 3 is 2.67 bits per heavy atom. The number of methoxy groups -OCH3 is 2. The molecule has 2 rings (SSSR count). The van der Waals surface area contributed by atoms with Crippen molar-refractivity contribution in [3.63, 3.8) is 0 Å². The van der Waals surface area contributed by atoms with E-state index in [1.807, 2.05) is 18.2 Å². The smallest absolute Gasteiger partial charge is 0.126 e. The van der Waals surface area contributed by atoms with Gasteiger partial charge in [0.15, 0.2) is 0 Å². The quantitative estimate of drug-likeness (QED) is 0.793. The van der Waals surface area contributed by atoms with E-state index in [0.717, 1.165) is 36.5 Å². The van der Waals surface area contributed by atoms with Gasteiger partial charge in [-0.25, -0.2) is 0 Å². The lowest BCUT2D eigenvalue weighted by molar-refractivity contribution is 0.0193. The van der Waals surface area contributed by atoms with Crippen molar-refractivity contribution in [2.24, 2.45) is 0 Å². The minimum Gasteiger partial charge on any atom is -0.497 e. The summed E-state index contributed by atoms with van der Waals surface area (Å²) in [6.07, 6.45) is 2.16. The van der Waals surface area contributed by atoms with E-state index in [4.69, 9.17) is 14.2 Å². The van der Waals surface area contributed by atoms with Gasteiger partial charge in [-0.15, -0.1) is 0 Å². The molecule has 0 spiro atoms. The standard InChI is InChI=1S/C14H19BrO3/c1-14(7-4-8-18-14)13(15)11-6-5-10(16-2)9-12(11)17-3/h5-6,9,13H,4,7-8H2,1-3H3. The van der Waals surface area contributed by atoms with Crippen LogP contribution in [0, 0.1) is 0 Å². The van der Waals surface area contributed by atoms with Crippen LogP contribution in [0.2, 0.25) is 0 Å². The lowest BCUT2D eigenvalue weighted by Gasteiger charge is -2.30. The summed E-state index contributed by atoms with van der Waals surface area (Å²) in [4.78, 5) is 0.119. The van der Waals surface area contributed by atoms with Gasteiger partial charge in [-0.05, 0) is 25.8 Å². The molecule has 1 aliphatic heterocycles. The fraction of sp³-hybridized carbons (Fsp3) is 0.571. The highest BCUT2D eigenvalue weighted by Crippen LogP contribution is 2.46. The van der Waals surface area contributed by atoms with Gasteiger partial charge in [0, 0.05) is 18.2 Å². The summed E-state index contributed by atoms with van der Waals surface area (Å²) < 4.78 is 16.5. The Balaban J connectivity index is 2.32. The maximum Gasteiger partial charge on any atom is 0.126 e. The lowest BCUT2D eigenvalue weighted by atomic mass is 9.93. The minimum absolute atomic E-state index is 0.119. The second kappa shape index (κ2) is 5.49. The average Bonchev–Trinajstić information content (AvgIpc) is 2.85. The van der Waals surface area contributed by atoms with Gasteiger partial charge in [-0.3, -0.25) is 0 Å². The van der Waals surface area contributed by atoms with Gasteiger partial charge < -0.3 is 14.2 Å². The Hall–Kier alpha value is -0.740. The number of hydrogen-bond donors (Lipinski definition) is 0. The van der Waals surface area contributed by atoms with Gasteiger partial charge in [0.25, 0.3) is 0 Å². The molecule has 1 aliphatic rings. The summed E-state index contributed by atoms with van der Waals surface area (Å²) in [5.74, 6) is 1.63. The molecule has 3 nitrogen and oxygen atoms in total. The number of ether oxygens (including phenoxy) is 3. The first kappa shape index (κ1) is 13.7. The molecule has 1 aromatic carbocycles. The molecule has 0 N–H and O–H groups in total. The first-order valence-electron chi connectivity index (χ1n) is 6.10. The Morgan fingerprint density at radius 1 is 1.33 bits per heavy atom. The van der Waals surface area contributed by atoms with Gasteiger partial charge in [-0.1, -0.05) is 22.0 Å². The average molecular weight is 315 g/mol. The topological polar surface area (TPSA) is 27.7 Å². The van der Waals surface area contributed by atoms with Crippen molar-refractivity contribution in [3.8, 4) is 11.5 Å². The molecule has 0 aliphatic carbocycles. The normalized spacial score (nSPS) is 24.9. The van der Waals surface area contributed by atoms with E-state index in [2.05, 4.69) is 22.9 Å². The monoisotopic (exact) mass is 314 g/mol. The van der Waals surface area contributed by atoms with Crippen molar-refractivity contribution in [1.82, 2.24) is 0 Å². The summed E-state index contributed by atoms with van der Waals surface area (Å²) in [6.45, 7) is 2.97. The van der Waals surface area contributed by atoms with Crippen LogP contribution in [0.1, 0.15) is 30.2 Å². The summed E-state index contributed by atoms with van der Waals surface area (Å²) >= 11 is 3.76. The molecule has 100 valence electrons. The van der Waals surface area contributed by atoms with Crippen molar-refractivity contribution in [1.29, 1.82) is 0 Å². The summed E-state index contributed by atoms with van der Waals surface area (Å²) in [7, 11) is 3.33. The lowest BCUT2D eigenvalue weighted by Crippen LogP contribution is -2.28. The Labute approximate surface area is 117 Å². The van der Waals surface area contributed by atoms with Crippen LogP contribution >= 0.6 is 15.9 Å². The maximum absolute atomic E-state index is 5.88. The van der Waals surface area contributed by atoms with E-state index in [9.17, 15) is 0 Å². The number of alkyl halides is 1. The third-order valence-electron chi connectivity index (χ3n) is 3.50. The third kappa shape index (κ3) is 2.50. The predicted molar refractivity (Wildman–Crippen MR) is 74.8 cm³/mol. The Kier molecular flexibility index (Phi) is 4.17. The molecule has 1 aromatic rings. The highest BCUT2D eigenvalue weighted by Gasteiger charge is 2.39. The van der Waals surface area contributed by atoms with Gasteiger partial charge in [0.1, 0.15) is 11.5 Å². The van der Waals surface area contributed by atoms with Crippen molar-refractivity contribution >= 4 is 15.9 Å². The second-order valence-corrected chi connectivity index (χ2v) is 5.65. The second-order valence-electron chi connectivity index (χ2n) is 4.74.